The van der Waals surface area contributed by atoms with Gasteiger partial charge in [0.1, 0.15) is 0 Å². The molecule has 0 aromatic heterocycles. The molecule has 5 heteroatoms. The molecule has 0 aromatic rings. The summed E-state index contributed by atoms with van der Waals surface area (Å²) in [7, 11) is 1.39. The molecule has 1 rings (SSSR count). The van der Waals surface area contributed by atoms with E-state index < -0.39 is 12.1 Å². The van der Waals surface area contributed by atoms with E-state index in [2.05, 4.69) is 4.74 Å². The molecule has 1 saturated heterocycles. The first kappa shape index (κ1) is 16.1. The van der Waals surface area contributed by atoms with E-state index in [-0.39, 0.29) is 11.9 Å². The lowest BCUT2D eigenvalue weighted by Crippen LogP contribution is -2.45. The summed E-state index contributed by atoms with van der Waals surface area (Å²) in [4.78, 5) is 10.9. The second-order valence-corrected chi connectivity index (χ2v) is 5.15. The van der Waals surface area contributed by atoms with Gasteiger partial charge in [0.25, 0.3) is 0 Å². The average molecular weight is 272 g/mol. The molecule has 110 valence electrons. The molecular formula is C14H24O5. The summed E-state index contributed by atoms with van der Waals surface area (Å²) in [5, 5.41) is 9.81. The van der Waals surface area contributed by atoms with E-state index in [1.54, 1.807) is 13.8 Å². The predicted octanol–water partition coefficient (Wildman–Crippen LogP) is 1.99. The van der Waals surface area contributed by atoms with Gasteiger partial charge in [-0.25, -0.2) is 0 Å². The van der Waals surface area contributed by atoms with Crippen molar-refractivity contribution in [2.75, 3.05) is 13.7 Å². The summed E-state index contributed by atoms with van der Waals surface area (Å²) >= 11 is 0. The van der Waals surface area contributed by atoms with Crippen LogP contribution >= 0.6 is 0 Å². The minimum absolute atomic E-state index is 0.0371. The maximum absolute atomic E-state index is 10.9. The highest BCUT2D eigenvalue weighted by Gasteiger charge is 2.34. The smallest absolute Gasteiger partial charge is 0.305 e. The van der Waals surface area contributed by atoms with E-state index >= 15 is 0 Å². The number of carbonyl (C=O) groups excluding carboxylic acids is 1. The van der Waals surface area contributed by atoms with Gasteiger partial charge in [0.2, 0.25) is 0 Å². The number of allylic oxidation sites excluding steroid dienone is 2. The van der Waals surface area contributed by atoms with Crippen LogP contribution in [0.2, 0.25) is 0 Å². The molecule has 0 unspecified atom stereocenters. The van der Waals surface area contributed by atoms with Crippen LogP contribution in [0, 0.1) is 5.92 Å². The van der Waals surface area contributed by atoms with Crippen LogP contribution in [0.1, 0.15) is 39.5 Å². The minimum atomic E-state index is -0.788. The zero-order chi connectivity index (χ0) is 14.3. The third-order valence-corrected chi connectivity index (χ3v) is 3.04. The Balaban J connectivity index is 2.17. The van der Waals surface area contributed by atoms with E-state index in [1.165, 1.54) is 7.11 Å². The van der Waals surface area contributed by atoms with Gasteiger partial charge in [-0.3, -0.25) is 4.79 Å². The lowest BCUT2D eigenvalue weighted by Gasteiger charge is -2.38. The highest BCUT2D eigenvalue weighted by atomic mass is 16.8. The van der Waals surface area contributed by atoms with Gasteiger partial charge < -0.3 is 19.3 Å². The summed E-state index contributed by atoms with van der Waals surface area (Å²) in [6.07, 6.45) is 5.96. The quantitative estimate of drug-likeness (QED) is 0.455. The zero-order valence-electron chi connectivity index (χ0n) is 11.9. The second-order valence-electron chi connectivity index (χ2n) is 5.15. The molecule has 0 spiro atoms. The van der Waals surface area contributed by atoms with E-state index in [0.29, 0.717) is 19.4 Å². The van der Waals surface area contributed by atoms with Crippen LogP contribution < -0.4 is 0 Å². The molecule has 2 atom stereocenters. The van der Waals surface area contributed by atoms with Gasteiger partial charge in [-0.15, -0.1) is 0 Å². The number of hydrogen-bond acceptors (Lipinski definition) is 5. The maximum Gasteiger partial charge on any atom is 0.305 e. The van der Waals surface area contributed by atoms with Gasteiger partial charge in [0.15, 0.2) is 12.1 Å². The standard InChI is InChI=1S/C14H24O5/c1-14(2)18-10-11(13(16)19-14)8-6-4-5-7-9-12(15)17-3/h4,6,11,13,16H,5,7-10H2,1-3H3/t11-,13+/m0/s1. The number of rotatable bonds is 6. The van der Waals surface area contributed by atoms with Gasteiger partial charge >= 0.3 is 5.97 Å². The van der Waals surface area contributed by atoms with Gasteiger partial charge in [-0.05, 0) is 33.1 Å². The number of hydrogen-bond donors (Lipinski definition) is 1. The predicted molar refractivity (Wildman–Crippen MR) is 70.2 cm³/mol. The number of aliphatic hydroxyl groups is 1. The highest BCUT2D eigenvalue weighted by Crippen LogP contribution is 2.26. The van der Waals surface area contributed by atoms with Crippen LogP contribution in [0.15, 0.2) is 12.2 Å². The largest absolute Gasteiger partial charge is 0.469 e. The highest BCUT2D eigenvalue weighted by molar-refractivity contribution is 5.68. The fourth-order valence-electron chi connectivity index (χ4n) is 1.85. The van der Waals surface area contributed by atoms with Crippen molar-refractivity contribution in [3.63, 3.8) is 0 Å². The van der Waals surface area contributed by atoms with Crippen LogP contribution in [-0.2, 0) is 19.0 Å². The van der Waals surface area contributed by atoms with Crippen molar-refractivity contribution >= 4 is 5.97 Å². The number of unbranched alkanes of at least 4 members (excludes halogenated alkanes) is 1. The molecule has 0 saturated carbocycles. The topological polar surface area (TPSA) is 65.0 Å². The van der Waals surface area contributed by atoms with E-state index in [1.807, 2.05) is 12.2 Å². The van der Waals surface area contributed by atoms with Gasteiger partial charge in [0, 0.05) is 12.3 Å². The van der Waals surface area contributed by atoms with Crippen LogP contribution in [0.5, 0.6) is 0 Å². The van der Waals surface area contributed by atoms with Crippen molar-refractivity contribution in [3.05, 3.63) is 12.2 Å². The maximum atomic E-state index is 10.9. The number of methoxy groups -OCH3 is 1. The van der Waals surface area contributed by atoms with Crippen molar-refractivity contribution < 1.29 is 24.1 Å². The van der Waals surface area contributed by atoms with Crippen molar-refractivity contribution in [3.8, 4) is 0 Å². The monoisotopic (exact) mass is 272 g/mol. The van der Waals surface area contributed by atoms with Crippen LogP contribution in [0.4, 0.5) is 0 Å². The van der Waals surface area contributed by atoms with Crippen molar-refractivity contribution in [1.82, 2.24) is 0 Å². The minimum Gasteiger partial charge on any atom is -0.469 e. The number of ether oxygens (including phenoxy) is 3. The Morgan fingerprint density at radius 2 is 2.21 bits per heavy atom. The third-order valence-electron chi connectivity index (χ3n) is 3.04. The summed E-state index contributed by atoms with van der Waals surface area (Å²) < 4.78 is 15.4. The molecule has 0 amide bonds. The summed E-state index contributed by atoms with van der Waals surface area (Å²) in [6.45, 7) is 4.06. The van der Waals surface area contributed by atoms with Crippen LogP contribution in [-0.4, -0.2) is 36.9 Å². The fourth-order valence-corrected chi connectivity index (χ4v) is 1.85. The Hall–Kier alpha value is -0.910. The SMILES string of the molecule is COC(=O)CCCC=CC[C@H]1COC(C)(C)O[C@H]1O. The zero-order valence-corrected chi connectivity index (χ0v) is 11.9. The Kier molecular flexibility index (Phi) is 6.48. The molecule has 1 aliphatic rings. The molecule has 0 bridgehead atoms. The molecular weight excluding hydrogens is 248 g/mol. The summed E-state index contributed by atoms with van der Waals surface area (Å²) in [5.41, 5.74) is 0. The summed E-state index contributed by atoms with van der Waals surface area (Å²) in [5.74, 6) is -0.926. The molecule has 19 heavy (non-hydrogen) atoms. The number of aliphatic hydroxyl groups excluding tert-OH is 1. The molecule has 1 heterocycles. The van der Waals surface area contributed by atoms with E-state index in [9.17, 15) is 9.90 Å². The Morgan fingerprint density at radius 1 is 1.47 bits per heavy atom. The Morgan fingerprint density at radius 3 is 2.84 bits per heavy atom. The first-order chi connectivity index (χ1) is 8.94. The molecule has 1 fully saturated rings. The van der Waals surface area contributed by atoms with Crippen molar-refractivity contribution in [2.24, 2.45) is 5.92 Å². The van der Waals surface area contributed by atoms with Crippen molar-refractivity contribution in [1.29, 1.82) is 0 Å². The first-order valence-corrected chi connectivity index (χ1v) is 6.66. The van der Waals surface area contributed by atoms with E-state index in [4.69, 9.17) is 9.47 Å². The van der Waals surface area contributed by atoms with Gasteiger partial charge in [-0.1, -0.05) is 12.2 Å². The fraction of sp³-hybridized carbons (Fsp3) is 0.786. The third kappa shape index (κ3) is 6.18. The van der Waals surface area contributed by atoms with Gasteiger partial charge in [-0.2, -0.15) is 0 Å². The average Bonchev–Trinajstić information content (AvgIpc) is 2.34. The second kappa shape index (κ2) is 7.62. The number of carbonyl (C=O) groups is 1. The molecule has 0 radical (unpaired) electrons. The molecule has 1 N–H and O–H groups in total. The molecule has 1 aliphatic heterocycles. The lowest BCUT2D eigenvalue weighted by molar-refractivity contribution is -0.340. The van der Waals surface area contributed by atoms with Crippen molar-refractivity contribution in [2.45, 2.75) is 51.6 Å². The normalized spacial score (nSPS) is 26.5. The lowest BCUT2D eigenvalue weighted by atomic mass is 10.0. The molecule has 0 aliphatic carbocycles. The Bertz CT molecular complexity index is 311. The Labute approximate surface area is 114 Å². The molecule has 0 aromatic carbocycles. The summed E-state index contributed by atoms with van der Waals surface area (Å²) in [6, 6.07) is 0. The van der Waals surface area contributed by atoms with E-state index in [0.717, 1.165) is 12.8 Å². The molecule has 5 nitrogen and oxygen atoms in total. The van der Waals surface area contributed by atoms with Crippen LogP contribution in [0.3, 0.4) is 0 Å². The van der Waals surface area contributed by atoms with Crippen LogP contribution in [0.25, 0.3) is 0 Å². The first-order valence-electron chi connectivity index (χ1n) is 6.66. The number of esters is 1. The van der Waals surface area contributed by atoms with Gasteiger partial charge in [0.05, 0.1) is 13.7 Å².